The molecule has 0 bridgehead atoms. The van der Waals surface area contributed by atoms with Gasteiger partial charge in [0.15, 0.2) is 10.3 Å². The molecule has 154 valence electrons. The molecule has 0 spiro atoms. The Kier molecular flexibility index (Phi) is 6.92. The number of benzene rings is 1. The minimum Gasteiger partial charge on any atom is -0.497 e. The van der Waals surface area contributed by atoms with Crippen LogP contribution in [-0.2, 0) is 17.8 Å². The zero-order valence-electron chi connectivity index (χ0n) is 17.2. The van der Waals surface area contributed by atoms with Gasteiger partial charge in [-0.3, -0.25) is 4.79 Å². The Bertz CT molecular complexity index is 962. The predicted molar refractivity (Wildman–Crippen MR) is 117 cm³/mol. The van der Waals surface area contributed by atoms with E-state index in [1.54, 1.807) is 7.11 Å². The highest BCUT2D eigenvalue weighted by molar-refractivity contribution is 8.00. The van der Waals surface area contributed by atoms with E-state index < -0.39 is 0 Å². The van der Waals surface area contributed by atoms with Crippen LogP contribution in [-0.4, -0.2) is 38.0 Å². The van der Waals surface area contributed by atoms with Crippen molar-refractivity contribution in [2.75, 3.05) is 12.4 Å². The van der Waals surface area contributed by atoms with Crippen molar-refractivity contribution in [1.82, 2.24) is 19.7 Å². The standard InChI is InChI=1S/C20H25N5O2S2/c1-6-25-17(11-15-7-9-16(27-5)10-8-15)23-24-20(25)29-14(4)18(26)22-19-21-12(2)13(3)28-19/h7-10,14H,6,11H2,1-5H3,(H,21,22,26)/t14-/m1/s1. The molecule has 1 N–H and O–H groups in total. The largest absolute Gasteiger partial charge is 0.497 e. The van der Waals surface area contributed by atoms with Crippen LogP contribution < -0.4 is 10.1 Å². The fraction of sp³-hybridized carbons (Fsp3) is 0.400. The smallest absolute Gasteiger partial charge is 0.239 e. The van der Waals surface area contributed by atoms with Gasteiger partial charge >= 0.3 is 0 Å². The van der Waals surface area contributed by atoms with Gasteiger partial charge in [-0.15, -0.1) is 21.5 Å². The number of carbonyl (C=O) groups excluding carboxylic acids is 1. The van der Waals surface area contributed by atoms with Crippen LogP contribution in [0.4, 0.5) is 5.13 Å². The Morgan fingerprint density at radius 2 is 2.00 bits per heavy atom. The summed E-state index contributed by atoms with van der Waals surface area (Å²) in [4.78, 5) is 18.0. The van der Waals surface area contributed by atoms with E-state index in [0.717, 1.165) is 39.4 Å². The summed E-state index contributed by atoms with van der Waals surface area (Å²) in [5, 5.41) is 12.6. The maximum Gasteiger partial charge on any atom is 0.239 e. The Balaban J connectivity index is 1.67. The third-order valence-electron chi connectivity index (χ3n) is 4.54. The second-order valence-corrected chi connectivity index (χ2v) is 9.09. The zero-order chi connectivity index (χ0) is 21.0. The third kappa shape index (κ3) is 5.16. The quantitative estimate of drug-likeness (QED) is 0.541. The first kappa shape index (κ1) is 21.3. The van der Waals surface area contributed by atoms with Crippen LogP contribution in [0.25, 0.3) is 0 Å². The first-order chi connectivity index (χ1) is 13.9. The fourth-order valence-electron chi connectivity index (χ4n) is 2.73. The number of amides is 1. The number of thioether (sulfide) groups is 1. The number of rotatable bonds is 8. The van der Waals surface area contributed by atoms with E-state index in [4.69, 9.17) is 4.74 Å². The lowest BCUT2D eigenvalue weighted by molar-refractivity contribution is -0.115. The third-order valence-corrected chi connectivity index (χ3v) is 6.61. The van der Waals surface area contributed by atoms with Gasteiger partial charge in [-0.2, -0.15) is 0 Å². The monoisotopic (exact) mass is 431 g/mol. The Morgan fingerprint density at radius 1 is 1.28 bits per heavy atom. The number of aryl methyl sites for hydroxylation is 2. The summed E-state index contributed by atoms with van der Waals surface area (Å²) in [6, 6.07) is 7.92. The van der Waals surface area contributed by atoms with Gasteiger partial charge in [0, 0.05) is 17.8 Å². The summed E-state index contributed by atoms with van der Waals surface area (Å²) in [7, 11) is 1.65. The van der Waals surface area contributed by atoms with Crippen molar-refractivity contribution in [2.45, 2.75) is 51.1 Å². The van der Waals surface area contributed by atoms with Crippen molar-refractivity contribution < 1.29 is 9.53 Å². The van der Waals surface area contributed by atoms with E-state index in [1.165, 1.54) is 23.1 Å². The second-order valence-electron chi connectivity index (χ2n) is 6.58. The highest BCUT2D eigenvalue weighted by Crippen LogP contribution is 2.26. The van der Waals surface area contributed by atoms with E-state index in [1.807, 2.05) is 45.0 Å². The van der Waals surface area contributed by atoms with Crippen LogP contribution in [0.15, 0.2) is 29.4 Å². The van der Waals surface area contributed by atoms with Crippen LogP contribution in [0.3, 0.4) is 0 Å². The van der Waals surface area contributed by atoms with Crippen molar-refractivity contribution in [3.8, 4) is 5.75 Å². The second kappa shape index (κ2) is 9.41. The fourth-order valence-corrected chi connectivity index (χ4v) is 4.47. The molecule has 1 amide bonds. The molecule has 0 saturated carbocycles. The average molecular weight is 432 g/mol. The maximum atomic E-state index is 12.6. The SMILES string of the molecule is CCn1c(Cc2ccc(OC)cc2)nnc1S[C@H](C)C(=O)Nc1nc(C)c(C)s1. The molecule has 3 rings (SSSR count). The Labute approximate surface area is 178 Å². The molecule has 9 heteroatoms. The van der Waals surface area contributed by atoms with Crippen molar-refractivity contribution in [3.05, 3.63) is 46.2 Å². The summed E-state index contributed by atoms with van der Waals surface area (Å²) >= 11 is 2.89. The maximum absolute atomic E-state index is 12.6. The van der Waals surface area contributed by atoms with Gasteiger partial charge in [-0.05, 0) is 45.4 Å². The Hall–Kier alpha value is -2.39. The van der Waals surface area contributed by atoms with E-state index >= 15 is 0 Å². The number of methoxy groups -OCH3 is 1. The summed E-state index contributed by atoms with van der Waals surface area (Å²) in [5.74, 6) is 1.61. The molecule has 1 atom stereocenters. The summed E-state index contributed by atoms with van der Waals surface area (Å²) < 4.78 is 7.26. The van der Waals surface area contributed by atoms with Crippen LogP contribution >= 0.6 is 23.1 Å². The van der Waals surface area contributed by atoms with E-state index in [-0.39, 0.29) is 11.2 Å². The predicted octanol–water partition coefficient (Wildman–Crippen LogP) is 4.09. The molecule has 0 aliphatic carbocycles. The highest BCUT2D eigenvalue weighted by Gasteiger charge is 2.21. The first-order valence-electron chi connectivity index (χ1n) is 9.37. The van der Waals surface area contributed by atoms with Crippen molar-refractivity contribution in [2.24, 2.45) is 0 Å². The molecule has 1 aromatic carbocycles. The molecule has 0 saturated heterocycles. The molecule has 0 aliphatic heterocycles. The van der Waals surface area contributed by atoms with Crippen molar-refractivity contribution in [1.29, 1.82) is 0 Å². The summed E-state index contributed by atoms with van der Waals surface area (Å²) in [6.45, 7) is 8.59. The number of anilines is 1. The molecule has 0 radical (unpaired) electrons. The summed E-state index contributed by atoms with van der Waals surface area (Å²) in [5.41, 5.74) is 2.07. The van der Waals surface area contributed by atoms with Gasteiger partial charge in [-0.25, -0.2) is 4.98 Å². The van der Waals surface area contributed by atoms with Crippen molar-refractivity contribution in [3.63, 3.8) is 0 Å². The molecular formula is C20H25N5O2S2. The van der Waals surface area contributed by atoms with Crippen LogP contribution in [0.1, 0.15) is 35.8 Å². The number of hydrogen-bond donors (Lipinski definition) is 1. The number of hydrogen-bond acceptors (Lipinski definition) is 7. The van der Waals surface area contributed by atoms with E-state index in [0.29, 0.717) is 11.6 Å². The number of nitrogens with one attached hydrogen (secondary N) is 1. The van der Waals surface area contributed by atoms with Crippen LogP contribution in [0, 0.1) is 13.8 Å². The zero-order valence-corrected chi connectivity index (χ0v) is 18.9. The normalized spacial score (nSPS) is 12.0. The molecule has 0 aliphatic rings. The molecule has 2 heterocycles. The molecule has 3 aromatic rings. The van der Waals surface area contributed by atoms with Crippen molar-refractivity contribution >= 4 is 34.1 Å². The van der Waals surface area contributed by atoms with Gasteiger partial charge in [-0.1, -0.05) is 23.9 Å². The molecule has 7 nitrogen and oxygen atoms in total. The minimum absolute atomic E-state index is 0.0916. The number of aromatic nitrogens is 4. The lowest BCUT2D eigenvalue weighted by atomic mass is 10.1. The highest BCUT2D eigenvalue weighted by atomic mass is 32.2. The van der Waals surface area contributed by atoms with Gasteiger partial charge in [0.2, 0.25) is 5.91 Å². The van der Waals surface area contributed by atoms with Crippen LogP contribution in [0.2, 0.25) is 0 Å². The van der Waals surface area contributed by atoms with Gasteiger partial charge in [0.25, 0.3) is 0 Å². The molecule has 0 unspecified atom stereocenters. The lowest BCUT2D eigenvalue weighted by Gasteiger charge is -2.12. The first-order valence-corrected chi connectivity index (χ1v) is 11.1. The Morgan fingerprint density at radius 3 is 2.59 bits per heavy atom. The van der Waals surface area contributed by atoms with E-state index in [9.17, 15) is 4.79 Å². The van der Waals surface area contributed by atoms with Gasteiger partial charge in [0.1, 0.15) is 11.6 Å². The van der Waals surface area contributed by atoms with Crippen LogP contribution in [0.5, 0.6) is 5.75 Å². The number of nitrogens with zero attached hydrogens (tertiary/aromatic N) is 4. The van der Waals surface area contributed by atoms with Gasteiger partial charge in [0.05, 0.1) is 18.1 Å². The average Bonchev–Trinajstić information content (AvgIpc) is 3.23. The summed E-state index contributed by atoms with van der Waals surface area (Å²) in [6.07, 6.45) is 0.670. The topological polar surface area (TPSA) is 81.9 Å². The number of ether oxygens (including phenoxy) is 1. The number of carbonyl (C=O) groups is 1. The molecule has 2 aromatic heterocycles. The molecule has 29 heavy (non-hydrogen) atoms. The molecule has 0 fully saturated rings. The van der Waals surface area contributed by atoms with E-state index in [2.05, 4.69) is 32.0 Å². The lowest BCUT2D eigenvalue weighted by Crippen LogP contribution is -2.23. The molecular weight excluding hydrogens is 406 g/mol. The van der Waals surface area contributed by atoms with Gasteiger partial charge < -0.3 is 14.6 Å². The minimum atomic E-state index is -0.317. The number of thiazole rings is 1.